The zero-order valence-corrected chi connectivity index (χ0v) is 17.9. The quantitative estimate of drug-likeness (QED) is 0.723. The SMILES string of the molecule is COc1ccccc1CNC(=O)C1CCCN(S(=O)(=O)Cc2ccccc2Cl)C1. The van der Waals surface area contributed by atoms with Gasteiger partial charge in [-0.05, 0) is 30.5 Å². The number of carbonyl (C=O) groups is 1. The fraction of sp³-hybridized carbons (Fsp3) is 0.381. The zero-order valence-electron chi connectivity index (χ0n) is 16.3. The normalized spacial score (nSPS) is 17.7. The van der Waals surface area contributed by atoms with Gasteiger partial charge in [-0.15, -0.1) is 0 Å². The molecule has 1 aliphatic rings. The van der Waals surface area contributed by atoms with E-state index in [1.807, 2.05) is 24.3 Å². The number of carbonyl (C=O) groups excluding carboxylic acids is 1. The predicted molar refractivity (Wildman–Crippen MR) is 113 cm³/mol. The molecule has 8 heteroatoms. The van der Waals surface area contributed by atoms with E-state index in [9.17, 15) is 13.2 Å². The van der Waals surface area contributed by atoms with Gasteiger partial charge in [0.25, 0.3) is 0 Å². The molecule has 0 aromatic heterocycles. The van der Waals surface area contributed by atoms with Crippen molar-refractivity contribution >= 4 is 27.5 Å². The summed E-state index contributed by atoms with van der Waals surface area (Å²) in [5.74, 6) is 0.0239. The molecule has 1 unspecified atom stereocenters. The van der Waals surface area contributed by atoms with Crippen LogP contribution in [0.5, 0.6) is 5.75 Å². The molecular weight excluding hydrogens is 412 g/mol. The van der Waals surface area contributed by atoms with Crippen LogP contribution in [0.4, 0.5) is 0 Å². The second-order valence-electron chi connectivity index (χ2n) is 7.07. The Kier molecular flexibility index (Phi) is 7.16. The van der Waals surface area contributed by atoms with Gasteiger partial charge in [0.05, 0.1) is 18.8 Å². The van der Waals surface area contributed by atoms with Crippen LogP contribution in [0, 0.1) is 5.92 Å². The average molecular weight is 437 g/mol. The number of hydrogen-bond acceptors (Lipinski definition) is 4. The second-order valence-corrected chi connectivity index (χ2v) is 9.45. The van der Waals surface area contributed by atoms with E-state index in [0.29, 0.717) is 42.3 Å². The first-order chi connectivity index (χ1) is 13.9. The van der Waals surface area contributed by atoms with Crippen molar-refractivity contribution in [3.8, 4) is 5.75 Å². The van der Waals surface area contributed by atoms with E-state index in [1.54, 1.807) is 31.4 Å². The maximum absolute atomic E-state index is 12.9. The highest BCUT2D eigenvalue weighted by molar-refractivity contribution is 7.88. The number of nitrogens with one attached hydrogen (secondary N) is 1. The summed E-state index contributed by atoms with van der Waals surface area (Å²) in [6.45, 7) is 0.944. The Hall–Kier alpha value is -2.09. The summed E-state index contributed by atoms with van der Waals surface area (Å²) in [4.78, 5) is 12.7. The standard InChI is InChI=1S/C21H25ClN2O4S/c1-28-20-11-5-3-7-16(20)13-23-21(25)17-9-6-12-24(14-17)29(26,27)15-18-8-2-4-10-19(18)22/h2-5,7-8,10-11,17H,6,9,12-15H2,1H3,(H,23,25). The van der Waals surface area contributed by atoms with Crippen molar-refractivity contribution in [2.45, 2.75) is 25.1 Å². The third kappa shape index (κ3) is 5.50. The van der Waals surface area contributed by atoms with Gasteiger partial charge in [-0.25, -0.2) is 12.7 Å². The molecular formula is C21H25ClN2O4S. The first-order valence-electron chi connectivity index (χ1n) is 9.51. The highest BCUT2D eigenvalue weighted by Gasteiger charge is 2.32. The van der Waals surface area contributed by atoms with Crippen molar-refractivity contribution in [2.75, 3.05) is 20.2 Å². The molecule has 156 valence electrons. The van der Waals surface area contributed by atoms with Gasteiger partial charge in [0, 0.05) is 30.2 Å². The minimum atomic E-state index is -3.55. The van der Waals surface area contributed by atoms with Gasteiger partial charge in [0.15, 0.2) is 0 Å². The lowest BCUT2D eigenvalue weighted by Gasteiger charge is -2.31. The van der Waals surface area contributed by atoms with Crippen molar-refractivity contribution in [2.24, 2.45) is 5.92 Å². The Morgan fingerprint density at radius 3 is 2.59 bits per heavy atom. The molecule has 2 aromatic carbocycles. The minimum absolute atomic E-state index is 0.145. The van der Waals surface area contributed by atoms with E-state index >= 15 is 0 Å². The second kappa shape index (κ2) is 9.61. The molecule has 0 aliphatic carbocycles. The highest BCUT2D eigenvalue weighted by atomic mass is 35.5. The van der Waals surface area contributed by atoms with Crippen molar-refractivity contribution in [1.82, 2.24) is 9.62 Å². The Morgan fingerprint density at radius 2 is 1.86 bits per heavy atom. The summed E-state index contributed by atoms with van der Waals surface area (Å²) in [5, 5.41) is 3.34. The number of amides is 1. The Labute approximate surface area is 176 Å². The number of nitrogens with zero attached hydrogens (tertiary/aromatic N) is 1. The van der Waals surface area contributed by atoms with Gasteiger partial charge in [0.1, 0.15) is 5.75 Å². The predicted octanol–water partition coefficient (Wildman–Crippen LogP) is 3.21. The largest absolute Gasteiger partial charge is 0.496 e. The maximum Gasteiger partial charge on any atom is 0.224 e. The van der Waals surface area contributed by atoms with Gasteiger partial charge in [0.2, 0.25) is 15.9 Å². The van der Waals surface area contributed by atoms with Crippen LogP contribution in [0.15, 0.2) is 48.5 Å². The molecule has 1 atom stereocenters. The van der Waals surface area contributed by atoms with Crippen LogP contribution >= 0.6 is 11.6 Å². The molecule has 2 aromatic rings. The summed E-state index contributed by atoms with van der Waals surface area (Å²) in [5.41, 5.74) is 1.44. The van der Waals surface area contributed by atoms with Crippen LogP contribution in [0.25, 0.3) is 0 Å². The van der Waals surface area contributed by atoms with Gasteiger partial charge >= 0.3 is 0 Å². The van der Waals surface area contributed by atoms with Crippen molar-refractivity contribution in [1.29, 1.82) is 0 Å². The van der Waals surface area contributed by atoms with E-state index in [0.717, 1.165) is 5.56 Å². The number of sulfonamides is 1. The Morgan fingerprint density at radius 1 is 1.17 bits per heavy atom. The average Bonchev–Trinajstić information content (AvgIpc) is 2.74. The van der Waals surface area contributed by atoms with Gasteiger partial charge in [-0.2, -0.15) is 0 Å². The van der Waals surface area contributed by atoms with Gasteiger partial charge in [-0.1, -0.05) is 48.0 Å². The number of ether oxygens (including phenoxy) is 1. The summed E-state index contributed by atoms with van der Waals surface area (Å²) in [6.07, 6.45) is 1.31. The molecule has 1 amide bonds. The molecule has 0 radical (unpaired) electrons. The maximum atomic E-state index is 12.9. The van der Waals surface area contributed by atoms with E-state index in [1.165, 1.54) is 4.31 Å². The summed E-state index contributed by atoms with van der Waals surface area (Å²) in [6, 6.07) is 14.4. The molecule has 1 saturated heterocycles. The Balaban J connectivity index is 1.62. The lowest BCUT2D eigenvalue weighted by atomic mass is 9.98. The Bertz CT molecular complexity index is 965. The molecule has 1 heterocycles. The molecule has 6 nitrogen and oxygen atoms in total. The lowest BCUT2D eigenvalue weighted by Crippen LogP contribution is -2.45. The molecule has 29 heavy (non-hydrogen) atoms. The molecule has 0 bridgehead atoms. The van der Waals surface area contributed by atoms with Crippen LogP contribution in [-0.2, 0) is 27.1 Å². The first kappa shape index (κ1) is 21.6. The summed E-state index contributed by atoms with van der Waals surface area (Å²) < 4.78 is 32.4. The van der Waals surface area contributed by atoms with E-state index < -0.39 is 10.0 Å². The van der Waals surface area contributed by atoms with Gasteiger partial charge in [-0.3, -0.25) is 4.79 Å². The smallest absolute Gasteiger partial charge is 0.224 e. The topological polar surface area (TPSA) is 75.7 Å². The molecule has 1 N–H and O–H groups in total. The van der Waals surface area contributed by atoms with Crippen molar-refractivity contribution in [3.05, 3.63) is 64.7 Å². The summed E-state index contributed by atoms with van der Waals surface area (Å²) >= 11 is 6.12. The number of methoxy groups -OCH3 is 1. The van der Waals surface area contributed by atoms with Crippen molar-refractivity contribution in [3.63, 3.8) is 0 Å². The first-order valence-corrected chi connectivity index (χ1v) is 11.5. The number of halogens is 1. The minimum Gasteiger partial charge on any atom is -0.496 e. The van der Waals surface area contributed by atoms with Crippen LogP contribution in [0.2, 0.25) is 5.02 Å². The number of hydrogen-bond donors (Lipinski definition) is 1. The van der Waals surface area contributed by atoms with E-state index in [2.05, 4.69) is 5.32 Å². The van der Waals surface area contributed by atoms with E-state index in [-0.39, 0.29) is 24.1 Å². The lowest BCUT2D eigenvalue weighted by molar-refractivity contribution is -0.126. The summed E-state index contributed by atoms with van der Waals surface area (Å²) in [7, 11) is -1.97. The molecule has 0 saturated carbocycles. The number of benzene rings is 2. The molecule has 0 spiro atoms. The van der Waals surface area contributed by atoms with Crippen LogP contribution in [-0.4, -0.2) is 38.8 Å². The fourth-order valence-electron chi connectivity index (χ4n) is 3.49. The number of rotatable bonds is 7. The van der Waals surface area contributed by atoms with Crippen molar-refractivity contribution < 1.29 is 17.9 Å². The fourth-order valence-corrected chi connectivity index (χ4v) is 5.41. The van der Waals surface area contributed by atoms with Crippen LogP contribution in [0.3, 0.4) is 0 Å². The van der Waals surface area contributed by atoms with Gasteiger partial charge < -0.3 is 10.1 Å². The zero-order chi connectivity index (χ0) is 20.9. The van der Waals surface area contributed by atoms with Crippen LogP contribution in [0.1, 0.15) is 24.0 Å². The highest BCUT2D eigenvalue weighted by Crippen LogP contribution is 2.24. The third-order valence-electron chi connectivity index (χ3n) is 5.09. The third-order valence-corrected chi connectivity index (χ3v) is 7.25. The molecule has 3 rings (SSSR count). The molecule has 1 aliphatic heterocycles. The van der Waals surface area contributed by atoms with E-state index in [4.69, 9.17) is 16.3 Å². The number of piperidine rings is 1. The van der Waals surface area contributed by atoms with Crippen LogP contribution < -0.4 is 10.1 Å². The monoisotopic (exact) mass is 436 g/mol. The number of para-hydroxylation sites is 1. The molecule has 1 fully saturated rings.